The molecule has 1 aliphatic rings. The number of nitrogens with two attached hydrogens (primary N) is 1. The minimum atomic E-state index is 0.228. The van der Waals surface area contributed by atoms with Crippen molar-refractivity contribution in [2.75, 3.05) is 25.9 Å². The van der Waals surface area contributed by atoms with Gasteiger partial charge in [0.25, 0.3) is 0 Å². The predicted molar refractivity (Wildman–Crippen MR) is 82.5 cm³/mol. The Labute approximate surface area is 124 Å². The molecule has 5 heteroatoms. The molecule has 1 unspecified atom stereocenters. The topological polar surface area (TPSA) is 69.4 Å². The molecular formula is C16H19N3O2. The maximum atomic E-state index is 5.94. The highest BCUT2D eigenvalue weighted by atomic mass is 16.5. The Kier molecular flexibility index (Phi) is 3.92. The summed E-state index contributed by atoms with van der Waals surface area (Å²) >= 11 is 0. The Balaban J connectivity index is 1.88. The smallest absolute Gasteiger partial charge is 0.131 e. The lowest BCUT2D eigenvalue weighted by molar-refractivity contribution is 0.222. The van der Waals surface area contributed by atoms with Gasteiger partial charge in [0.15, 0.2) is 0 Å². The number of ether oxygens (including phenoxy) is 2. The van der Waals surface area contributed by atoms with Crippen LogP contribution in [0.1, 0.15) is 6.42 Å². The molecule has 1 saturated heterocycles. The standard InChI is InChI=1S/C16H19N3O2/c1-20-15-9-11(21-12-7-8-18-10-12)5-6-13(15)14-3-2-4-16(17)19-14/h2-6,9,12,18H,7-8,10H2,1H3,(H2,17,19). The maximum Gasteiger partial charge on any atom is 0.131 e. The van der Waals surface area contributed by atoms with Gasteiger partial charge in [-0.2, -0.15) is 0 Å². The average Bonchev–Trinajstić information content (AvgIpc) is 3.00. The van der Waals surface area contributed by atoms with Gasteiger partial charge in [-0.3, -0.25) is 0 Å². The van der Waals surface area contributed by atoms with Crippen LogP contribution in [0.15, 0.2) is 36.4 Å². The van der Waals surface area contributed by atoms with E-state index in [1.807, 2.05) is 30.3 Å². The van der Waals surface area contributed by atoms with Crippen LogP contribution >= 0.6 is 0 Å². The first-order valence-corrected chi connectivity index (χ1v) is 7.04. The molecule has 1 aromatic carbocycles. The fourth-order valence-electron chi connectivity index (χ4n) is 2.48. The number of nitrogens with zero attached hydrogens (tertiary/aromatic N) is 1. The van der Waals surface area contributed by atoms with Gasteiger partial charge in [0, 0.05) is 18.2 Å². The van der Waals surface area contributed by atoms with Crippen LogP contribution in [0.5, 0.6) is 11.5 Å². The third-order valence-corrected chi connectivity index (χ3v) is 3.54. The van der Waals surface area contributed by atoms with Crippen molar-refractivity contribution in [3.63, 3.8) is 0 Å². The van der Waals surface area contributed by atoms with Crippen molar-refractivity contribution in [3.05, 3.63) is 36.4 Å². The first-order valence-electron chi connectivity index (χ1n) is 7.04. The summed E-state index contributed by atoms with van der Waals surface area (Å²) in [6, 6.07) is 11.4. The second-order valence-corrected chi connectivity index (χ2v) is 5.04. The van der Waals surface area contributed by atoms with Crippen LogP contribution in [0.3, 0.4) is 0 Å². The molecule has 0 spiro atoms. The van der Waals surface area contributed by atoms with E-state index >= 15 is 0 Å². The number of benzene rings is 1. The zero-order valence-corrected chi connectivity index (χ0v) is 12.0. The fraction of sp³-hybridized carbons (Fsp3) is 0.312. The number of hydrogen-bond donors (Lipinski definition) is 2. The van der Waals surface area contributed by atoms with Crippen molar-refractivity contribution in [1.29, 1.82) is 0 Å². The van der Waals surface area contributed by atoms with Crippen LogP contribution in [0, 0.1) is 0 Å². The number of pyridine rings is 1. The van der Waals surface area contributed by atoms with E-state index in [0.717, 1.165) is 42.3 Å². The van der Waals surface area contributed by atoms with Crippen LogP contribution in [-0.2, 0) is 0 Å². The molecule has 0 bridgehead atoms. The lowest BCUT2D eigenvalue weighted by Gasteiger charge is -2.15. The van der Waals surface area contributed by atoms with Gasteiger partial charge in [-0.05, 0) is 37.2 Å². The summed E-state index contributed by atoms with van der Waals surface area (Å²) in [5.41, 5.74) is 7.44. The largest absolute Gasteiger partial charge is 0.496 e. The van der Waals surface area contributed by atoms with Gasteiger partial charge in [0.1, 0.15) is 23.4 Å². The Morgan fingerprint density at radius 3 is 2.90 bits per heavy atom. The molecule has 1 aromatic heterocycles. The number of nitrogen functional groups attached to an aromatic ring is 1. The normalized spacial score (nSPS) is 17.7. The van der Waals surface area contributed by atoms with Gasteiger partial charge < -0.3 is 20.5 Å². The number of hydrogen-bond acceptors (Lipinski definition) is 5. The van der Waals surface area contributed by atoms with Crippen LogP contribution in [0.4, 0.5) is 5.82 Å². The molecule has 2 heterocycles. The Morgan fingerprint density at radius 1 is 1.29 bits per heavy atom. The molecule has 5 nitrogen and oxygen atoms in total. The van der Waals surface area contributed by atoms with E-state index < -0.39 is 0 Å². The monoisotopic (exact) mass is 285 g/mol. The van der Waals surface area contributed by atoms with E-state index in [4.69, 9.17) is 15.2 Å². The average molecular weight is 285 g/mol. The van der Waals surface area contributed by atoms with Crippen molar-refractivity contribution < 1.29 is 9.47 Å². The van der Waals surface area contributed by atoms with E-state index in [1.165, 1.54) is 0 Å². The van der Waals surface area contributed by atoms with Crippen LogP contribution in [0.2, 0.25) is 0 Å². The van der Waals surface area contributed by atoms with Crippen molar-refractivity contribution in [1.82, 2.24) is 10.3 Å². The molecule has 1 atom stereocenters. The molecule has 0 amide bonds. The van der Waals surface area contributed by atoms with E-state index in [1.54, 1.807) is 13.2 Å². The maximum absolute atomic E-state index is 5.94. The predicted octanol–water partition coefficient (Wildman–Crippen LogP) is 2.08. The molecule has 0 saturated carbocycles. The van der Waals surface area contributed by atoms with E-state index in [9.17, 15) is 0 Å². The van der Waals surface area contributed by atoms with Gasteiger partial charge in [-0.15, -0.1) is 0 Å². The number of aromatic nitrogens is 1. The van der Waals surface area contributed by atoms with Crippen molar-refractivity contribution in [2.45, 2.75) is 12.5 Å². The SMILES string of the molecule is COc1cc(OC2CCNC2)ccc1-c1cccc(N)n1. The van der Waals surface area contributed by atoms with Crippen molar-refractivity contribution in [2.24, 2.45) is 0 Å². The van der Waals surface area contributed by atoms with E-state index in [2.05, 4.69) is 10.3 Å². The van der Waals surface area contributed by atoms with Gasteiger partial charge in [0.05, 0.1) is 12.8 Å². The molecule has 1 aliphatic heterocycles. The summed E-state index contributed by atoms with van der Waals surface area (Å²) < 4.78 is 11.4. The summed E-state index contributed by atoms with van der Waals surface area (Å²) in [5, 5.41) is 3.28. The number of anilines is 1. The lowest BCUT2D eigenvalue weighted by Crippen LogP contribution is -2.19. The van der Waals surface area contributed by atoms with Gasteiger partial charge in [0.2, 0.25) is 0 Å². The first-order chi connectivity index (χ1) is 10.3. The zero-order valence-electron chi connectivity index (χ0n) is 12.0. The summed E-state index contributed by atoms with van der Waals surface area (Å²) in [5.74, 6) is 2.04. The summed E-state index contributed by atoms with van der Waals surface area (Å²) in [7, 11) is 1.64. The highest BCUT2D eigenvalue weighted by Gasteiger charge is 2.17. The van der Waals surface area contributed by atoms with Gasteiger partial charge >= 0.3 is 0 Å². The molecule has 0 radical (unpaired) electrons. The van der Waals surface area contributed by atoms with Crippen LogP contribution < -0.4 is 20.5 Å². The number of methoxy groups -OCH3 is 1. The van der Waals surface area contributed by atoms with E-state index in [-0.39, 0.29) is 6.10 Å². The molecule has 3 N–H and O–H groups in total. The molecule has 0 aliphatic carbocycles. The molecule has 2 aromatic rings. The summed E-state index contributed by atoms with van der Waals surface area (Å²) in [6.45, 7) is 1.90. The minimum absolute atomic E-state index is 0.228. The molecule has 110 valence electrons. The van der Waals surface area contributed by atoms with Crippen molar-refractivity contribution in [3.8, 4) is 22.8 Å². The third-order valence-electron chi connectivity index (χ3n) is 3.54. The Morgan fingerprint density at radius 2 is 2.19 bits per heavy atom. The first kappa shape index (κ1) is 13.7. The summed E-state index contributed by atoms with van der Waals surface area (Å²) in [4.78, 5) is 4.33. The lowest BCUT2D eigenvalue weighted by atomic mass is 10.1. The second-order valence-electron chi connectivity index (χ2n) is 5.04. The number of rotatable bonds is 4. The second kappa shape index (κ2) is 6.01. The molecule has 3 rings (SSSR count). The minimum Gasteiger partial charge on any atom is -0.496 e. The van der Waals surface area contributed by atoms with Crippen LogP contribution in [0.25, 0.3) is 11.3 Å². The molecule has 1 fully saturated rings. The van der Waals surface area contributed by atoms with E-state index in [0.29, 0.717) is 5.82 Å². The summed E-state index contributed by atoms with van der Waals surface area (Å²) in [6.07, 6.45) is 1.26. The number of nitrogens with one attached hydrogen (secondary N) is 1. The van der Waals surface area contributed by atoms with Crippen LogP contribution in [-0.4, -0.2) is 31.3 Å². The quantitative estimate of drug-likeness (QED) is 0.900. The van der Waals surface area contributed by atoms with Gasteiger partial charge in [-0.25, -0.2) is 4.98 Å². The molecular weight excluding hydrogens is 266 g/mol. The third kappa shape index (κ3) is 3.08. The van der Waals surface area contributed by atoms with Gasteiger partial charge in [-0.1, -0.05) is 6.07 Å². The Bertz CT molecular complexity index is 625. The highest BCUT2D eigenvalue weighted by Crippen LogP contribution is 2.33. The highest BCUT2D eigenvalue weighted by molar-refractivity contribution is 5.69. The van der Waals surface area contributed by atoms with Crippen molar-refractivity contribution >= 4 is 5.82 Å². The fourth-order valence-corrected chi connectivity index (χ4v) is 2.48. The Hall–Kier alpha value is -2.27. The molecule has 21 heavy (non-hydrogen) atoms. The zero-order chi connectivity index (χ0) is 14.7.